The molecule has 1 aliphatic heterocycles. The Balaban J connectivity index is 2.02. The molecule has 34 heavy (non-hydrogen) atoms. The van der Waals surface area contributed by atoms with Gasteiger partial charge < -0.3 is 19.5 Å². The Morgan fingerprint density at radius 2 is 1.74 bits per heavy atom. The van der Waals surface area contributed by atoms with Crippen molar-refractivity contribution in [2.75, 3.05) is 19.8 Å². The zero-order valence-electron chi connectivity index (χ0n) is 20.8. The third-order valence-electron chi connectivity index (χ3n) is 5.69. The van der Waals surface area contributed by atoms with Crippen molar-refractivity contribution in [3.05, 3.63) is 64.7 Å². The zero-order valence-corrected chi connectivity index (χ0v) is 20.8. The highest BCUT2D eigenvalue weighted by atomic mass is 16.5. The summed E-state index contributed by atoms with van der Waals surface area (Å²) in [6, 6.07) is 12.0. The van der Waals surface area contributed by atoms with Crippen LogP contribution in [0, 0.1) is 12.8 Å². The summed E-state index contributed by atoms with van der Waals surface area (Å²) < 4.78 is 11.5. The molecular weight excluding hydrogens is 430 g/mol. The van der Waals surface area contributed by atoms with Gasteiger partial charge in [0.2, 0.25) is 0 Å². The maximum absolute atomic E-state index is 13.1. The number of carbonyl (C=O) groups is 2. The third-order valence-corrected chi connectivity index (χ3v) is 5.69. The number of benzene rings is 2. The second-order valence-electron chi connectivity index (χ2n) is 9.10. The molecule has 1 saturated heterocycles. The minimum absolute atomic E-state index is 0.107. The number of carbonyl (C=O) groups excluding carboxylic acids is 2. The molecule has 0 radical (unpaired) electrons. The first-order valence-corrected chi connectivity index (χ1v) is 12.0. The molecule has 0 aliphatic carbocycles. The lowest BCUT2D eigenvalue weighted by atomic mass is 9.94. The Hall–Kier alpha value is -3.28. The van der Waals surface area contributed by atoms with Gasteiger partial charge in [-0.1, -0.05) is 39.8 Å². The van der Waals surface area contributed by atoms with Crippen LogP contribution in [0.25, 0.3) is 5.76 Å². The molecule has 0 aromatic heterocycles. The van der Waals surface area contributed by atoms with Crippen LogP contribution in [0.4, 0.5) is 0 Å². The summed E-state index contributed by atoms with van der Waals surface area (Å²) in [4.78, 5) is 27.5. The van der Waals surface area contributed by atoms with Crippen LogP contribution in [0.5, 0.6) is 11.5 Å². The summed E-state index contributed by atoms with van der Waals surface area (Å²) in [7, 11) is 0. The van der Waals surface area contributed by atoms with Crippen molar-refractivity contribution in [3.8, 4) is 11.5 Å². The molecule has 2 aromatic carbocycles. The van der Waals surface area contributed by atoms with Crippen molar-refractivity contribution in [3.63, 3.8) is 0 Å². The molecular formula is C28H35NO5. The number of ether oxygens (including phenoxy) is 2. The number of Topliss-reactive ketones (excluding diaryl/α,β-unsaturated/α-hetero) is 1. The number of aryl methyl sites for hydroxylation is 1. The normalized spacial score (nSPS) is 17.5. The number of aliphatic hydroxyl groups excluding tert-OH is 1. The van der Waals surface area contributed by atoms with Gasteiger partial charge in [-0.3, -0.25) is 9.59 Å². The SMILES string of the molecule is CCCOc1ccc(/C(O)=C2/C(=O)C(=O)N(CCC)C2c2ccc(OCC(C)C)cc2)cc1C. The van der Waals surface area contributed by atoms with E-state index in [1.54, 1.807) is 23.1 Å². The molecule has 182 valence electrons. The van der Waals surface area contributed by atoms with Crippen molar-refractivity contribution in [1.29, 1.82) is 0 Å². The van der Waals surface area contributed by atoms with Crippen molar-refractivity contribution in [2.24, 2.45) is 5.92 Å². The number of ketones is 1. The Morgan fingerprint density at radius 1 is 1.03 bits per heavy atom. The maximum atomic E-state index is 13.1. The first kappa shape index (κ1) is 25.3. The molecule has 2 aromatic rings. The molecule has 1 unspecified atom stereocenters. The number of rotatable bonds is 10. The summed E-state index contributed by atoms with van der Waals surface area (Å²) in [6.45, 7) is 11.7. The average molecular weight is 466 g/mol. The first-order chi connectivity index (χ1) is 16.3. The van der Waals surface area contributed by atoms with Crippen LogP contribution < -0.4 is 9.47 Å². The highest BCUT2D eigenvalue weighted by Gasteiger charge is 2.45. The van der Waals surface area contributed by atoms with E-state index in [2.05, 4.69) is 13.8 Å². The fourth-order valence-electron chi connectivity index (χ4n) is 4.03. The second-order valence-corrected chi connectivity index (χ2v) is 9.10. The molecule has 1 heterocycles. The van der Waals surface area contributed by atoms with Gasteiger partial charge in [0.1, 0.15) is 17.3 Å². The number of hydrogen-bond donors (Lipinski definition) is 1. The van der Waals surface area contributed by atoms with Gasteiger partial charge in [0.15, 0.2) is 0 Å². The van der Waals surface area contributed by atoms with E-state index >= 15 is 0 Å². The molecule has 1 amide bonds. The van der Waals surface area contributed by atoms with Gasteiger partial charge in [0.05, 0.1) is 24.8 Å². The largest absolute Gasteiger partial charge is 0.507 e. The number of amides is 1. The molecule has 1 N–H and O–H groups in total. The van der Waals surface area contributed by atoms with Crippen molar-refractivity contribution in [1.82, 2.24) is 4.90 Å². The van der Waals surface area contributed by atoms with Gasteiger partial charge in [0, 0.05) is 12.1 Å². The minimum Gasteiger partial charge on any atom is -0.507 e. The van der Waals surface area contributed by atoms with E-state index in [1.165, 1.54) is 0 Å². The van der Waals surface area contributed by atoms with Crippen LogP contribution in [-0.4, -0.2) is 41.5 Å². The van der Waals surface area contributed by atoms with Gasteiger partial charge in [-0.05, 0) is 67.1 Å². The Labute approximate surface area is 202 Å². The van der Waals surface area contributed by atoms with Gasteiger partial charge in [0.25, 0.3) is 11.7 Å². The maximum Gasteiger partial charge on any atom is 0.295 e. The summed E-state index contributed by atoms with van der Waals surface area (Å²) in [5.74, 6) is 0.431. The molecule has 3 rings (SSSR count). The lowest BCUT2D eigenvalue weighted by molar-refractivity contribution is -0.139. The van der Waals surface area contributed by atoms with Crippen LogP contribution in [0.15, 0.2) is 48.0 Å². The molecule has 1 aliphatic rings. The summed E-state index contributed by atoms with van der Waals surface area (Å²) in [5, 5.41) is 11.2. The van der Waals surface area contributed by atoms with E-state index in [0.717, 1.165) is 29.0 Å². The van der Waals surface area contributed by atoms with E-state index in [1.807, 2.05) is 45.0 Å². The molecule has 1 atom stereocenters. The smallest absolute Gasteiger partial charge is 0.295 e. The van der Waals surface area contributed by atoms with Crippen LogP contribution in [0.3, 0.4) is 0 Å². The molecule has 0 spiro atoms. The Kier molecular flexibility index (Phi) is 8.37. The topological polar surface area (TPSA) is 76.1 Å². The van der Waals surface area contributed by atoms with Gasteiger partial charge >= 0.3 is 0 Å². The van der Waals surface area contributed by atoms with Crippen molar-refractivity contribution >= 4 is 17.4 Å². The lowest BCUT2D eigenvalue weighted by Gasteiger charge is -2.25. The zero-order chi connectivity index (χ0) is 24.8. The van der Waals surface area contributed by atoms with E-state index < -0.39 is 17.7 Å². The quantitative estimate of drug-likeness (QED) is 0.279. The first-order valence-electron chi connectivity index (χ1n) is 12.0. The average Bonchev–Trinajstić information content (AvgIpc) is 3.07. The van der Waals surface area contributed by atoms with E-state index in [0.29, 0.717) is 37.7 Å². The number of likely N-dealkylation sites (tertiary alicyclic amines) is 1. The highest BCUT2D eigenvalue weighted by molar-refractivity contribution is 6.46. The fourth-order valence-corrected chi connectivity index (χ4v) is 4.03. The standard InChI is InChI=1S/C28H35NO5/c1-6-14-29-25(20-8-11-22(12-9-20)34-17-18(3)4)24(27(31)28(29)32)26(30)21-10-13-23(19(5)16-21)33-15-7-2/h8-13,16,18,25,30H,6-7,14-15,17H2,1-5H3/b26-24-. The number of hydrogen-bond acceptors (Lipinski definition) is 5. The monoisotopic (exact) mass is 465 g/mol. The van der Waals surface area contributed by atoms with Crippen molar-refractivity contribution in [2.45, 2.75) is 53.5 Å². The third kappa shape index (κ3) is 5.44. The predicted octanol–water partition coefficient (Wildman–Crippen LogP) is 5.65. The van der Waals surface area contributed by atoms with Crippen LogP contribution in [0.1, 0.15) is 63.3 Å². The Bertz CT molecular complexity index is 1050. The fraction of sp³-hybridized carbons (Fsp3) is 0.429. The van der Waals surface area contributed by atoms with Crippen LogP contribution in [0.2, 0.25) is 0 Å². The van der Waals surface area contributed by atoms with E-state index in [4.69, 9.17) is 9.47 Å². The minimum atomic E-state index is -0.667. The van der Waals surface area contributed by atoms with Gasteiger partial charge in [-0.25, -0.2) is 0 Å². The summed E-state index contributed by atoms with van der Waals surface area (Å²) >= 11 is 0. The molecule has 0 bridgehead atoms. The van der Waals surface area contributed by atoms with E-state index in [9.17, 15) is 14.7 Å². The van der Waals surface area contributed by atoms with Crippen molar-refractivity contribution < 1.29 is 24.2 Å². The lowest BCUT2D eigenvalue weighted by Crippen LogP contribution is -2.30. The van der Waals surface area contributed by atoms with Gasteiger partial charge in [-0.2, -0.15) is 0 Å². The van der Waals surface area contributed by atoms with Crippen LogP contribution in [-0.2, 0) is 9.59 Å². The molecule has 6 nitrogen and oxygen atoms in total. The number of nitrogens with zero attached hydrogens (tertiary/aromatic N) is 1. The molecule has 1 fully saturated rings. The van der Waals surface area contributed by atoms with Crippen LogP contribution >= 0.6 is 0 Å². The van der Waals surface area contributed by atoms with Gasteiger partial charge in [-0.15, -0.1) is 0 Å². The summed E-state index contributed by atoms with van der Waals surface area (Å²) in [6.07, 6.45) is 1.59. The number of aliphatic hydroxyl groups is 1. The second kappa shape index (κ2) is 11.2. The highest BCUT2D eigenvalue weighted by Crippen LogP contribution is 2.40. The Morgan fingerprint density at radius 3 is 2.32 bits per heavy atom. The molecule has 0 saturated carbocycles. The summed E-state index contributed by atoms with van der Waals surface area (Å²) in [5.41, 5.74) is 2.20. The molecule has 6 heteroatoms. The predicted molar refractivity (Wildman–Crippen MR) is 133 cm³/mol. The van der Waals surface area contributed by atoms with E-state index in [-0.39, 0.29) is 11.3 Å².